The fraction of sp³-hybridized carbons (Fsp3) is 0.500. The molecule has 1 rings (SSSR count). The zero-order valence-electron chi connectivity index (χ0n) is 10.6. The molecule has 0 saturated heterocycles. The number of hydrogen-bond acceptors (Lipinski definition) is 3. The Kier molecular flexibility index (Phi) is 4.90. The van der Waals surface area contributed by atoms with E-state index < -0.39 is 0 Å². The van der Waals surface area contributed by atoms with E-state index in [9.17, 15) is 4.79 Å². The van der Waals surface area contributed by atoms with Crippen LogP contribution < -0.4 is 5.32 Å². The molecule has 1 heterocycles. The topological polar surface area (TPSA) is 56.1 Å². The van der Waals surface area contributed by atoms with E-state index >= 15 is 0 Å². The first-order valence-electron chi connectivity index (χ1n) is 5.51. The number of aryl methyl sites for hydroxylation is 2. The molecule has 1 N–H and O–H groups in total. The fourth-order valence-electron chi connectivity index (χ4n) is 1.40. The second-order valence-corrected chi connectivity index (χ2v) is 4.06. The number of carbonyl (C=O) groups is 1. The van der Waals surface area contributed by atoms with Gasteiger partial charge in [0.25, 0.3) is 5.91 Å². The van der Waals surface area contributed by atoms with Crippen LogP contribution in [0.5, 0.6) is 0 Å². The van der Waals surface area contributed by atoms with Gasteiger partial charge in [-0.2, -0.15) is 5.10 Å². The highest BCUT2D eigenvalue weighted by Crippen LogP contribution is 2.00. The van der Waals surface area contributed by atoms with Gasteiger partial charge in [-0.15, -0.1) is 0 Å². The van der Waals surface area contributed by atoms with Crippen LogP contribution in [0.4, 0.5) is 0 Å². The lowest BCUT2D eigenvalue weighted by Crippen LogP contribution is -2.29. The Labute approximate surface area is 101 Å². The smallest absolute Gasteiger partial charge is 0.269 e. The SMILES string of the molecule is C=C(C)COCCNC(=O)c1cc(C)nn1C. The van der Waals surface area contributed by atoms with Crippen molar-refractivity contribution in [2.45, 2.75) is 13.8 Å². The largest absolute Gasteiger partial charge is 0.375 e. The minimum atomic E-state index is -0.132. The number of ether oxygens (including phenoxy) is 1. The normalized spacial score (nSPS) is 10.3. The number of nitrogens with zero attached hydrogens (tertiary/aromatic N) is 2. The molecule has 0 radical (unpaired) electrons. The van der Waals surface area contributed by atoms with E-state index in [-0.39, 0.29) is 5.91 Å². The maximum absolute atomic E-state index is 11.7. The molecule has 1 aromatic rings. The van der Waals surface area contributed by atoms with Gasteiger partial charge in [0.2, 0.25) is 0 Å². The molecule has 0 saturated carbocycles. The maximum atomic E-state index is 11.7. The molecule has 0 aliphatic rings. The maximum Gasteiger partial charge on any atom is 0.269 e. The lowest BCUT2D eigenvalue weighted by atomic mass is 10.3. The summed E-state index contributed by atoms with van der Waals surface area (Å²) in [4.78, 5) is 11.7. The van der Waals surface area contributed by atoms with Gasteiger partial charge in [-0.25, -0.2) is 0 Å². The van der Waals surface area contributed by atoms with Gasteiger partial charge >= 0.3 is 0 Å². The molecule has 1 aromatic heterocycles. The Morgan fingerprint density at radius 1 is 1.65 bits per heavy atom. The monoisotopic (exact) mass is 237 g/mol. The Balaban J connectivity index is 2.30. The van der Waals surface area contributed by atoms with Gasteiger partial charge in [0.1, 0.15) is 5.69 Å². The molecule has 0 aliphatic heterocycles. The van der Waals surface area contributed by atoms with E-state index in [1.807, 2.05) is 13.8 Å². The van der Waals surface area contributed by atoms with Crippen LogP contribution in [0.3, 0.4) is 0 Å². The molecule has 1 amide bonds. The first-order chi connectivity index (χ1) is 8.00. The molecule has 5 nitrogen and oxygen atoms in total. The van der Waals surface area contributed by atoms with E-state index in [1.54, 1.807) is 17.8 Å². The summed E-state index contributed by atoms with van der Waals surface area (Å²) in [5.41, 5.74) is 2.36. The van der Waals surface area contributed by atoms with Gasteiger partial charge in [-0.1, -0.05) is 12.2 Å². The third-order valence-electron chi connectivity index (χ3n) is 2.12. The summed E-state index contributed by atoms with van der Waals surface area (Å²) in [5, 5.41) is 6.89. The summed E-state index contributed by atoms with van der Waals surface area (Å²) in [7, 11) is 1.75. The van der Waals surface area contributed by atoms with Crippen molar-refractivity contribution in [1.29, 1.82) is 0 Å². The molecular weight excluding hydrogens is 218 g/mol. The van der Waals surface area contributed by atoms with Crippen molar-refractivity contribution in [1.82, 2.24) is 15.1 Å². The molecule has 0 atom stereocenters. The average Bonchev–Trinajstić information content (AvgIpc) is 2.56. The van der Waals surface area contributed by atoms with Gasteiger partial charge in [0, 0.05) is 13.6 Å². The molecule has 0 aliphatic carbocycles. The van der Waals surface area contributed by atoms with Gasteiger partial charge < -0.3 is 10.1 Å². The Bertz CT molecular complexity index is 410. The van der Waals surface area contributed by atoms with E-state index in [0.29, 0.717) is 25.5 Å². The second-order valence-electron chi connectivity index (χ2n) is 4.06. The Morgan fingerprint density at radius 3 is 2.88 bits per heavy atom. The quantitative estimate of drug-likeness (QED) is 0.594. The van der Waals surface area contributed by atoms with E-state index in [0.717, 1.165) is 11.3 Å². The number of nitrogens with one attached hydrogen (secondary N) is 1. The molecule has 17 heavy (non-hydrogen) atoms. The molecular formula is C12H19N3O2. The lowest BCUT2D eigenvalue weighted by Gasteiger charge is -2.06. The molecule has 0 spiro atoms. The van der Waals surface area contributed by atoms with Crippen LogP contribution in [-0.2, 0) is 11.8 Å². The third kappa shape index (κ3) is 4.40. The summed E-state index contributed by atoms with van der Waals surface area (Å²) >= 11 is 0. The predicted molar refractivity (Wildman–Crippen MR) is 65.9 cm³/mol. The standard InChI is InChI=1S/C12H19N3O2/c1-9(2)8-17-6-5-13-12(16)11-7-10(3)14-15(11)4/h7H,1,5-6,8H2,2-4H3,(H,13,16). The Morgan fingerprint density at radius 2 is 2.35 bits per heavy atom. The van der Waals surface area contributed by atoms with Crippen LogP contribution in [0.25, 0.3) is 0 Å². The van der Waals surface area contributed by atoms with Crippen molar-refractivity contribution in [2.24, 2.45) is 7.05 Å². The number of aromatic nitrogens is 2. The van der Waals surface area contributed by atoms with Crippen molar-refractivity contribution >= 4 is 5.91 Å². The van der Waals surface area contributed by atoms with Gasteiger partial charge in [-0.3, -0.25) is 9.48 Å². The lowest BCUT2D eigenvalue weighted by molar-refractivity contribution is 0.0917. The molecule has 94 valence electrons. The van der Waals surface area contributed by atoms with E-state index in [2.05, 4.69) is 17.0 Å². The van der Waals surface area contributed by atoms with Crippen molar-refractivity contribution in [3.63, 3.8) is 0 Å². The summed E-state index contributed by atoms with van der Waals surface area (Å²) in [6.45, 7) is 8.97. The van der Waals surface area contributed by atoms with Crippen molar-refractivity contribution in [3.8, 4) is 0 Å². The second kappa shape index (κ2) is 6.20. The minimum absolute atomic E-state index is 0.132. The summed E-state index contributed by atoms with van der Waals surface area (Å²) in [6, 6.07) is 1.75. The average molecular weight is 237 g/mol. The highest BCUT2D eigenvalue weighted by Gasteiger charge is 2.10. The highest BCUT2D eigenvalue weighted by atomic mass is 16.5. The first-order valence-corrected chi connectivity index (χ1v) is 5.51. The summed E-state index contributed by atoms with van der Waals surface area (Å²) < 4.78 is 6.85. The fourth-order valence-corrected chi connectivity index (χ4v) is 1.40. The molecule has 0 fully saturated rings. The van der Waals surface area contributed by atoms with Crippen molar-refractivity contribution in [2.75, 3.05) is 19.8 Å². The summed E-state index contributed by atoms with van der Waals surface area (Å²) in [6.07, 6.45) is 0. The number of carbonyl (C=O) groups excluding carboxylic acids is 1. The van der Waals surface area contributed by atoms with Gasteiger partial charge in [0.05, 0.1) is 18.9 Å². The van der Waals surface area contributed by atoms with Crippen LogP contribution in [-0.4, -0.2) is 35.4 Å². The minimum Gasteiger partial charge on any atom is -0.375 e. The van der Waals surface area contributed by atoms with Crippen molar-refractivity contribution in [3.05, 3.63) is 29.6 Å². The van der Waals surface area contributed by atoms with Crippen LogP contribution in [0, 0.1) is 6.92 Å². The summed E-state index contributed by atoms with van der Waals surface area (Å²) in [5.74, 6) is -0.132. The van der Waals surface area contributed by atoms with Crippen LogP contribution in [0.2, 0.25) is 0 Å². The van der Waals surface area contributed by atoms with Gasteiger partial charge in [-0.05, 0) is 19.9 Å². The first kappa shape index (κ1) is 13.4. The predicted octanol–water partition coefficient (Wildman–Crippen LogP) is 1.05. The van der Waals surface area contributed by atoms with Crippen molar-refractivity contribution < 1.29 is 9.53 Å². The van der Waals surface area contributed by atoms with Crippen LogP contribution >= 0.6 is 0 Å². The van der Waals surface area contributed by atoms with Gasteiger partial charge in [0.15, 0.2) is 0 Å². The van der Waals surface area contributed by atoms with Crippen LogP contribution in [0.1, 0.15) is 23.1 Å². The third-order valence-corrected chi connectivity index (χ3v) is 2.12. The molecule has 0 unspecified atom stereocenters. The molecule has 0 aromatic carbocycles. The highest BCUT2D eigenvalue weighted by molar-refractivity contribution is 5.92. The number of amides is 1. The van der Waals surface area contributed by atoms with E-state index in [4.69, 9.17) is 4.74 Å². The molecule has 5 heteroatoms. The zero-order chi connectivity index (χ0) is 12.8. The van der Waals surface area contributed by atoms with Crippen LogP contribution in [0.15, 0.2) is 18.2 Å². The van der Waals surface area contributed by atoms with E-state index in [1.165, 1.54) is 0 Å². The number of rotatable bonds is 6. The Hall–Kier alpha value is -1.62. The number of hydrogen-bond donors (Lipinski definition) is 1. The molecule has 0 bridgehead atoms. The zero-order valence-corrected chi connectivity index (χ0v) is 10.6.